The highest BCUT2D eigenvalue weighted by molar-refractivity contribution is 7.21. The van der Waals surface area contributed by atoms with Gasteiger partial charge in [0.1, 0.15) is 15.5 Å². The lowest BCUT2D eigenvalue weighted by atomic mass is 10.1. The number of aromatic nitrogens is 1. The second kappa shape index (κ2) is 5.31. The minimum atomic E-state index is -0.283. The Hall–Kier alpha value is -2.47. The van der Waals surface area contributed by atoms with E-state index in [-0.39, 0.29) is 17.8 Å². The molecule has 4 rings (SSSR count). The molecule has 0 saturated heterocycles. The highest BCUT2D eigenvalue weighted by Gasteiger charge is 2.26. The summed E-state index contributed by atoms with van der Waals surface area (Å²) in [6, 6.07) is 10.1. The second-order valence-corrected chi connectivity index (χ2v) is 6.65. The Labute approximate surface area is 136 Å². The van der Waals surface area contributed by atoms with Crippen LogP contribution < -0.4 is 11.1 Å². The van der Waals surface area contributed by atoms with Gasteiger partial charge in [-0.3, -0.25) is 4.79 Å². The third-order valence-corrected chi connectivity index (χ3v) is 4.97. The number of rotatable bonds is 3. The molecule has 2 heterocycles. The largest absolute Gasteiger partial charge is 0.397 e. The number of carbonyl (C=O) groups excluding carboxylic acids is 1. The molecule has 2 aromatic heterocycles. The number of amides is 1. The Morgan fingerprint density at radius 1 is 1.22 bits per heavy atom. The fourth-order valence-corrected chi connectivity index (χ4v) is 3.42. The lowest BCUT2D eigenvalue weighted by Gasteiger charge is -2.01. The van der Waals surface area contributed by atoms with Crippen LogP contribution in [-0.2, 0) is 0 Å². The van der Waals surface area contributed by atoms with Crippen molar-refractivity contribution < 1.29 is 9.18 Å². The van der Waals surface area contributed by atoms with Gasteiger partial charge in [-0.15, -0.1) is 11.3 Å². The van der Waals surface area contributed by atoms with E-state index in [1.807, 2.05) is 12.1 Å². The number of pyridine rings is 1. The summed E-state index contributed by atoms with van der Waals surface area (Å²) < 4.78 is 13.0. The number of nitrogen functional groups attached to an aromatic ring is 1. The monoisotopic (exact) mass is 327 g/mol. The molecule has 1 aromatic carbocycles. The number of fused-ring (bicyclic) bond motifs is 1. The summed E-state index contributed by atoms with van der Waals surface area (Å²) in [7, 11) is 0. The summed E-state index contributed by atoms with van der Waals surface area (Å²) in [5.74, 6) is -0.412. The van der Waals surface area contributed by atoms with Crippen molar-refractivity contribution in [1.82, 2.24) is 10.3 Å². The highest BCUT2D eigenvalue weighted by Crippen LogP contribution is 2.34. The maximum atomic E-state index is 13.0. The van der Waals surface area contributed by atoms with E-state index in [2.05, 4.69) is 10.3 Å². The molecule has 116 valence electrons. The molecule has 0 bridgehead atoms. The van der Waals surface area contributed by atoms with E-state index in [0.717, 1.165) is 29.5 Å². The van der Waals surface area contributed by atoms with Crippen molar-refractivity contribution in [2.24, 2.45) is 0 Å². The van der Waals surface area contributed by atoms with E-state index in [1.54, 1.807) is 12.1 Å². The first-order chi connectivity index (χ1) is 11.1. The molecule has 1 aliphatic rings. The third kappa shape index (κ3) is 2.66. The van der Waals surface area contributed by atoms with Crippen LogP contribution in [0.15, 0.2) is 36.4 Å². The molecule has 0 atom stereocenters. The van der Waals surface area contributed by atoms with Crippen molar-refractivity contribution >= 4 is 33.1 Å². The van der Waals surface area contributed by atoms with Gasteiger partial charge in [-0.1, -0.05) is 0 Å². The van der Waals surface area contributed by atoms with E-state index in [1.165, 1.54) is 23.5 Å². The van der Waals surface area contributed by atoms with Crippen molar-refractivity contribution in [3.63, 3.8) is 0 Å². The van der Waals surface area contributed by atoms with E-state index >= 15 is 0 Å². The van der Waals surface area contributed by atoms with E-state index in [9.17, 15) is 9.18 Å². The Bertz CT molecular complexity index is 900. The first kappa shape index (κ1) is 14.1. The molecule has 0 aliphatic heterocycles. The summed E-state index contributed by atoms with van der Waals surface area (Å²) >= 11 is 1.29. The molecule has 0 radical (unpaired) electrons. The minimum Gasteiger partial charge on any atom is -0.397 e. The number of nitrogens with zero attached hydrogens (tertiary/aromatic N) is 1. The molecule has 1 saturated carbocycles. The maximum absolute atomic E-state index is 13.0. The molecule has 0 spiro atoms. The lowest BCUT2D eigenvalue weighted by Crippen LogP contribution is -2.25. The van der Waals surface area contributed by atoms with Gasteiger partial charge in [0, 0.05) is 17.0 Å². The zero-order valence-electron chi connectivity index (χ0n) is 12.2. The molecule has 3 N–H and O–H groups in total. The zero-order valence-corrected chi connectivity index (χ0v) is 13.0. The Kier molecular flexibility index (Phi) is 3.27. The highest BCUT2D eigenvalue weighted by atomic mass is 32.1. The summed E-state index contributed by atoms with van der Waals surface area (Å²) in [6.45, 7) is 0. The van der Waals surface area contributed by atoms with Crippen molar-refractivity contribution in [3.8, 4) is 11.3 Å². The van der Waals surface area contributed by atoms with Crippen molar-refractivity contribution in [1.29, 1.82) is 0 Å². The topological polar surface area (TPSA) is 68.0 Å². The molecule has 1 aliphatic carbocycles. The summed E-state index contributed by atoms with van der Waals surface area (Å²) in [4.78, 5) is 18.0. The van der Waals surface area contributed by atoms with E-state index in [4.69, 9.17) is 5.73 Å². The normalized spacial score (nSPS) is 14.1. The summed E-state index contributed by atoms with van der Waals surface area (Å²) in [5.41, 5.74) is 8.13. The van der Waals surface area contributed by atoms with Gasteiger partial charge in [0.05, 0.1) is 11.4 Å². The van der Waals surface area contributed by atoms with Crippen LogP contribution in [0.4, 0.5) is 10.1 Å². The van der Waals surface area contributed by atoms with Gasteiger partial charge in [0.25, 0.3) is 5.91 Å². The number of benzene rings is 1. The van der Waals surface area contributed by atoms with Crippen LogP contribution in [-0.4, -0.2) is 16.9 Å². The number of carbonyl (C=O) groups is 1. The fourth-order valence-electron chi connectivity index (χ4n) is 2.43. The lowest BCUT2D eigenvalue weighted by molar-refractivity contribution is 0.0956. The molecular weight excluding hydrogens is 313 g/mol. The van der Waals surface area contributed by atoms with Crippen LogP contribution >= 0.6 is 11.3 Å². The van der Waals surface area contributed by atoms with E-state index < -0.39 is 0 Å². The van der Waals surface area contributed by atoms with Gasteiger partial charge < -0.3 is 11.1 Å². The Morgan fingerprint density at radius 2 is 1.96 bits per heavy atom. The fraction of sp³-hybridized carbons (Fsp3) is 0.176. The number of hydrogen-bond donors (Lipinski definition) is 2. The van der Waals surface area contributed by atoms with Gasteiger partial charge >= 0.3 is 0 Å². The van der Waals surface area contributed by atoms with Gasteiger partial charge in [-0.25, -0.2) is 9.37 Å². The average Bonchev–Trinajstić information content (AvgIpc) is 3.30. The van der Waals surface area contributed by atoms with Crippen LogP contribution in [0.25, 0.3) is 21.5 Å². The average molecular weight is 327 g/mol. The summed E-state index contributed by atoms with van der Waals surface area (Å²) in [6.07, 6.45) is 2.06. The maximum Gasteiger partial charge on any atom is 0.263 e. The number of anilines is 1. The molecule has 1 amide bonds. The Morgan fingerprint density at radius 3 is 2.65 bits per heavy atom. The molecular formula is C17H14FN3OS. The Balaban J connectivity index is 1.73. The number of nitrogens with one attached hydrogen (secondary N) is 1. The number of nitrogens with two attached hydrogens (primary N) is 1. The van der Waals surface area contributed by atoms with Gasteiger partial charge in [0.2, 0.25) is 0 Å². The van der Waals surface area contributed by atoms with Crippen LogP contribution in [0.5, 0.6) is 0 Å². The first-order valence-electron chi connectivity index (χ1n) is 7.37. The second-order valence-electron chi connectivity index (χ2n) is 5.65. The van der Waals surface area contributed by atoms with Gasteiger partial charge in [-0.05, 0) is 49.2 Å². The number of hydrogen-bond acceptors (Lipinski definition) is 4. The van der Waals surface area contributed by atoms with Crippen molar-refractivity contribution in [2.75, 3.05) is 5.73 Å². The molecule has 0 unspecified atom stereocenters. The SMILES string of the molecule is Nc1c(C(=O)NC2CC2)sc2nc(-c3ccc(F)cc3)ccc12. The molecule has 6 heteroatoms. The van der Waals surface area contributed by atoms with Gasteiger partial charge in [0.15, 0.2) is 0 Å². The molecule has 23 heavy (non-hydrogen) atoms. The number of thiophene rings is 1. The van der Waals surface area contributed by atoms with Crippen LogP contribution in [0.1, 0.15) is 22.5 Å². The standard InChI is InChI=1S/C17H14FN3OS/c18-10-3-1-9(2-4-10)13-8-7-12-14(19)15(23-17(12)21-13)16(22)20-11-5-6-11/h1-4,7-8,11H,5-6,19H2,(H,20,22). The predicted molar refractivity (Wildman–Crippen MR) is 89.9 cm³/mol. The van der Waals surface area contributed by atoms with Crippen LogP contribution in [0.2, 0.25) is 0 Å². The van der Waals surface area contributed by atoms with Gasteiger partial charge in [-0.2, -0.15) is 0 Å². The predicted octanol–water partition coefficient (Wildman–Crippen LogP) is 3.58. The quantitative estimate of drug-likeness (QED) is 0.772. The third-order valence-electron chi connectivity index (χ3n) is 3.85. The number of halogens is 1. The smallest absolute Gasteiger partial charge is 0.263 e. The summed E-state index contributed by atoms with van der Waals surface area (Å²) in [5, 5.41) is 3.73. The molecule has 1 fully saturated rings. The molecule has 4 nitrogen and oxygen atoms in total. The van der Waals surface area contributed by atoms with E-state index in [0.29, 0.717) is 15.4 Å². The van der Waals surface area contributed by atoms with Crippen LogP contribution in [0, 0.1) is 5.82 Å². The zero-order chi connectivity index (χ0) is 16.0. The minimum absolute atomic E-state index is 0.128. The molecule has 3 aromatic rings. The first-order valence-corrected chi connectivity index (χ1v) is 8.19. The van der Waals surface area contributed by atoms with Crippen molar-refractivity contribution in [2.45, 2.75) is 18.9 Å². The van der Waals surface area contributed by atoms with Crippen LogP contribution in [0.3, 0.4) is 0 Å². The van der Waals surface area contributed by atoms with Crippen molar-refractivity contribution in [3.05, 3.63) is 47.1 Å².